The van der Waals surface area contributed by atoms with Gasteiger partial charge in [0.05, 0.1) is 0 Å². The van der Waals surface area contributed by atoms with Crippen LogP contribution in [0.4, 0.5) is 5.82 Å². The summed E-state index contributed by atoms with van der Waals surface area (Å²) in [4.78, 5) is 29.9. The van der Waals surface area contributed by atoms with Gasteiger partial charge in [-0.1, -0.05) is 11.8 Å². The van der Waals surface area contributed by atoms with Crippen LogP contribution in [0.3, 0.4) is 0 Å². The molecule has 0 amide bonds. The molecule has 0 saturated carbocycles. The van der Waals surface area contributed by atoms with Gasteiger partial charge in [0.1, 0.15) is 5.82 Å². The molecule has 0 atom stereocenters. The van der Waals surface area contributed by atoms with Crippen molar-refractivity contribution in [1.29, 1.82) is 0 Å². The largest absolute Gasteiger partial charge is 0.339 e. The summed E-state index contributed by atoms with van der Waals surface area (Å²) < 4.78 is 1.41. The molecule has 0 radical (unpaired) electrons. The second-order valence-corrected chi connectivity index (χ2v) is 4.62. The van der Waals surface area contributed by atoms with Gasteiger partial charge in [0.2, 0.25) is 0 Å². The summed E-state index contributed by atoms with van der Waals surface area (Å²) >= 11 is 1.33. The Kier molecular flexibility index (Phi) is 3.97. The fourth-order valence-corrected chi connectivity index (χ4v) is 2.24. The zero-order chi connectivity index (χ0) is 13.8. The number of anilines is 1. The average Bonchev–Trinajstić information content (AvgIpc) is 2.41. The third kappa shape index (κ3) is 3.20. The smallest absolute Gasteiger partial charge is 0.308 e. The monoisotopic (exact) mass is 280 g/mol. The van der Waals surface area contributed by atoms with Crippen LogP contribution in [-0.4, -0.2) is 19.7 Å². The maximum absolute atomic E-state index is 11.2. The standard InChI is InChI=1S/C10H12N6O2S/c1-16-10(13-8(17)9(18)15-16)19-5-6-2-3-12-7(4-6)14-11/h2-4H,5,11H2,1H3,(H,12,14)(H,15,18). The number of nitrogen functional groups attached to an aromatic ring is 1. The second kappa shape index (κ2) is 5.67. The lowest BCUT2D eigenvalue weighted by molar-refractivity contribution is 0.596. The van der Waals surface area contributed by atoms with E-state index in [1.165, 1.54) is 16.4 Å². The van der Waals surface area contributed by atoms with E-state index in [2.05, 4.69) is 20.5 Å². The van der Waals surface area contributed by atoms with Crippen LogP contribution in [0.25, 0.3) is 0 Å². The highest BCUT2D eigenvalue weighted by molar-refractivity contribution is 7.98. The lowest BCUT2D eigenvalue weighted by Crippen LogP contribution is -2.33. The zero-order valence-corrected chi connectivity index (χ0v) is 10.9. The summed E-state index contributed by atoms with van der Waals surface area (Å²) in [6.07, 6.45) is 1.63. The Hall–Kier alpha value is -2.13. The normalized spacial score (nSPS) is 10.4. The minimum atomic E-state index is -0.792. The van der Waals surface area contributed by atoms with Gasteiger partial charge >= 0.3 is 11.1 Å². The van der Waals surface area contributed by atoms with Crippen molar-refractivity contribution in [3.8, 4) is 0 Å². The molecule has 0 fully saturated rings. The van der Waals surface area contributed by atoms with Crippen LogP contribution in [0, 0.1) is 0 Å². The Bertz CT molecular complexity index is 695. The van der Waals surface area contributed by atoms with Crippen molar-refractivity contribution in [2.24, 2.45) is 12.9 Å². The van der Waals surface area contributed by atoms with Crippen LogP contribution >= 0.6 is 11.8 Å². The molecule has 0 aliphatic heterocycles. The molecule has 2 aromatic heterocycles. The number of thioether (sulfide) groups is 1. The van der Waals surface area contributed by atoms with Gasteiger partial charge in [0.15, 0.2) is 5.16 Å². The molecule has 4 N–H and O–H groups in total. The maximum atomic E-state index is 11.2. The van der Waals surface area contributed by atoms with E-state index >= 15 is 0 Å². The lowest BCUT2D eigenvalue weighted by atomic mass is 10.3. The number of pyridine rings is 1. The maximum Gasteiger partial charge on any atom is 0.339 e. The van der Waals surface area contributed by atoms with Gasteiger partial charge in [-0.2, -0.15) is 4.98 Å². The van der Waals surface area contributed by atoms with Crippen molar-refractivity contribution in [2.45, 2.75) is 10.9 Å². The molecule has 8 nitrogen and oxygen atoms in total. The van der Waals surface area contributed by atoms with E-state index in [-0.39, 0.29) is 0 Å². The fraction of sp³-hybridized carbons (Fsp3) is 0.200. The van der Waals surface area contributed by atoms with Crippen LogP contribution in [0.1, 0.15) is 5.56 Å². The van der Waals surface area contributed by atoms with E-state index in [9.17, 15) is 9.59 Å². The van der Waals surface area contributed by atoms with Crippen molar-refractivity contribution < 1.29 is 0 Å². The summed E-state index contributed by atoms with van der Waals surface area (Å²) in [5.74, 6) is 6.40. The Morgan fingerprint density at radius 1 is 1.53 bits per heavy atom. The number of hydrogen-bond donors (Lipinski definition) is 3. The fourth-order valence-electron chi connectivity index (χ4n) is 1.38. The summed E-state index contributed by atoms with van der Waals surface area (Å²) in [6, 6.07) is 3.62. The number of hydrogen-bond acceptors (Lipinski definition) is 7. The highest BCUT2D eigenvalue weighted by atomic mass is 32.2. The number of aromatic amines is 1. The van der Waals surface area contributed by atoms with Crippen molar-refractivity contribution in [1.82, 2.24) is 19.7 Å². The molecule has 100 valence electrons. The number of nitrogens with two attached hydrogens (primary N) is 1. The summed E-state index contributed by atoms with van der Waals surface area (Å²) in [5.41, 5.74) is 1.90. The van der Waals surface area contributed by atoms with Crippen LogP contribution in [0.15, 0.2) is 33.1 Å². The number of H-pyrrole nitrogens is 1. The number of hydrazine groups is 1. The van der Waals surface area contributed by atoms with Gasteiger partial charge in [-0.15, -0.1) is 0 Å². The summed E-state index contributed by atoms with van der Waals surface area (Å²) in [5, 5.41) is 2.82. The molecule has 0 spiro atoms. The Morgan fingerprint density at radius 3 is 3.05 bits per heavy atom. The minimum absolute atomic E-state index is 0.434. The molecule has 0 saturated heterocycles. The first kappa shape index (κ1) is 13.3. The van der Waals surface area contributed by atoms with E-state index in [0.29, 0.717) is 16.7 Å². The van der Waals surface area contributed by atoms with E-state index in [1.807, 2.05) is 6.07 Å². The molecular weight excluding hydrogens is 268 g/mol. The molecule has 0 aliphatic carbocycles. The molecular formula is C10H12N6O2S. The third-order valence-electron chi connectivity index (χ3n) is 2.29. The van der Waals surface area contributed by atoms with E-state index in [4.69, 9.17) is 5.84 Å². The number of aryl methyl sites for hydroxylation is 1. The highest BCUT2D eigenvalue weighted by Crippen LogP contribution is 2.19. The summed E-state index contributed by atoms with van der Waals surface area (Å²) in [7, 11) is 1.62. The Morgan fingerprint density at radius 2 is 2.32 bits per heavy atom. The molecule has 0 unspecified atom stereocenters. The quantitative estimate of drug-likeness (QED) is 0.297. The highest BCUT2D eigenvalue weighted by Gasteiger charge is 2.05. The van der Waals surface area contributed by atoms with E-state index in [1.54, 1.807) is 19.3 Å². The predicted octanol–water partition coefficient (Wildman–Crippen LogP) is -0.558. The van der Waals surface area contributed by atoms with Gasteiger partial charge in [0, 0.05) is 19.0 Å². The van der Waals surface area contributed by atoms with Crippen LogP contribution in [0.5, 0.6) is 0 Å². The Labute approximate surface area is 112 Å². The van der Waals surface area contributed by atoms with Gasteiger partial charge in [0.25, 0.3) is 0 Å². The molecule has 0 bridgehead atoms. The van der Waals surface area contributed by atoms with Crippen molar-refractivity contribution in [3.05, 3.63) is 44.6 Å². The molecule has 2 heterocycles. The molecule has 2 rings (SSSR count). The average molecular weight is 280 g/mol. The topological polar surface area (TPSA) is 119 Å². The van der Waals surface area contributed by atoms with Gasteiger partial charge in [-0.25, -0.2) is 10.8 Å². The molecule has 19 heavy (non-hydrogen) atoms. The lowest BCUT2D eigenvalue weighted by Gasteiger charge is -2.06. The van der Waals surface area contributed by atoms with Crippen molar-refractivity contribution in [3.63, 3.8) is 0 Å². The van der Waals surface area contributed by atoms with Crippen LogP contribution in [0.2, 0.25) is 0 Å². The van der Waals surface area contributed by atoms with Gasteiger partial charge < -0.3 is 5.43 Å². The minimum Gasteiger partial charge on any atom is -0.308 e. The van der Waals surface area contributed by atoms with Gasteiger partial charge in [-0.3, -0.25) is 19.4 Å². The Balaban J connectivity index is 2.16. The number of nitrogens with zero attached hydrogens (tertiary/aromatic N) is 3. The zero-order valence-electron chi connectivity index (χ0n) is 10.1. The number of rotatable bonds is 4. The number of aromatic nitrogens is 4. The second-order valence-electron chi connectivity index (χ2n) is 3.68. The first-order valence-corrected chi connectivity index (χ1v) is 6.30. The molecule has 0 aromatic carbocycles. The van der Waals surface area contributed by atoms with Crippen molar-refractivity contribution in [2.75, 3.05) is 5.43 Å². The first-order chi connectivity index (χ1) is 9.10. The van der Waals surface area contributed by atoms with Crippen molar-refractivity contribution >= 4 is 17.6 Å². The molecule has 9 heteroatoms. The van der Waals surface area contributed by atoms with E-state index < -0.39 is 11.1 Å². The predicted molar refractivity (Wildman–Crippen MR) is 71.7 cm³/mol. The van der Waals surface area contributed by atoms with E-state index in [0.717, 1.165) is 5.56 Å². The summed E-state index contributed by atoms with van der Waals surface area (Å²) in [6.45, 7) is 0. The van der Waals surface area contributed by atoms with Gasteiger partial charge in [-0.05, 0) is 17.7 Å². The first-order valence-electron chi connectivity index (χ1n) is 5.32. The van der Waals surface area contributed by atoms with Crippen LogP contribution in [-0.2, 0) is 12.8 Å². The molecule has 0 aliphatic rings. The molecule has 2 aromatic rings. The SMILES string of the molecule is Cn1[nH]c(=O)c(=O)nc1SCc1ccnc(NN)c1. The third-order valence-corrected chi connectivity index (χ3v) is 3.39. The number of nitrogens with one attached hydrogen (secondary N) is 2. The van der Waals surface area contributed by atoms with Crippen LogP contribution < -0.4 is 22.4 Å².